The molecule has 0 amide bonds. The fraction of sp³-hybridized carbons (Fsp3) is 0.875. The Morgan fingerprint density at radius 3 is 2.67 bits per heavy atom. The molecule has 0 aliphatic rings. The summed E-state index contributed by atoms with van der Waals surface area (Å²) >= 11 is 1.78. The normalized spacial score (nSPS) is 13.3. The molecule has 0 saturated heterocycles. The Bertz CT molecular complexity index is 141. The molecule has 1 atom stereocenters. The lowest BCUT2D eigenvalue weighted by atomic mass is 10.2. The molecule has 0 fully saturated rings. The second kappa shape index (κ2) is 6.31. The Balaban J connectivity index is 3.53. The van der Waals surface area contributed by atoms with E-state index in [1.807, 2.05) is 7.05 Å². The zero-order chi connectivity index (χ0) is 9.56. The van der Waals surface area contributed by atoms with Crippen LogP contribution in [-0.4, -0.2) is 48.1 Å². The number of thioether (sulfide) groups is 1. The molecule has 4 heteroatoms. The molecule has 0 aliphatic heterocycles. The van der Waals surface area contributed by atoms with Gasteiger partial charge in [0, 0.05) is 18.8 Å². The van der Waals surface area contributed by atoms with Crippen molar-refractivity contribution in [2.75, 3.05) is 32.1 Å². The number of carbonyl (C=O) groups is 1. The SMILES string of the molecule is CSCCN(C)CC(C)C(=O)O. The van der Waals surface area contributed by atoms with Crippen LogP contribution in [0.15, 0.2) is 0 Å². The first-order valence-corrected chi connectivity index (χ1v) is 5.37. The molecule has 0 aliphatic carbocycles. The van der Waals surface area contributed by atoms with Gasteiger partial charge in [0.2, 0.25) is 0 Å². The molecule has 0 aromatic rings. The van der Waals surface area contributed by atoms with Gasteiger partial charge in [-0.15, -0.1) is 0 Å². The van der Waals surface area contributed by atoms with Crippen molar-refractivity contribution in [3.05, 3.63) is 0 Å². The number of hydrogen-bond acceptors (Lipinski definition) is 3. The number of carboxylic acid groups (broad SMARTS) is 1. The van der Waals surface area contributed by atoms with Crippen LogP contribution in [-0.2, 0) is 4.79 Å². The quantitative estimate of drug-likeness (QED) is 0.680. The minimum atomic E-state index is -0.717. The second-order valence-corrected chi connectivity index (χ2v) is 3.98. The van der Waals surface area contributed by atoms with Gasteiger partial charge in [-0.3, -0.25) is 4.79 Å². The van der Waals surface area contributed by atoms with Crippen molar-refractivity contribution in [3.8, 4) is 0 Å². The van der Waals surface area contributed by atoms with E-state index in [-0.39, 0.29) is 5.92 Å². The first-order valence-electron chi connectivity index (χ1n) is 3.98. The molecule has 0 saturated carbocycles. The molecular weight excluding hydrogens is 174 g/mol. The van der Waals surface area contributed by atoms with Gasteiger partial charge in [-0.2, -0.15) is 11.8 Å². The standard InChI is InChI=1S/C8H17NO2S/c1-7(8(10)11)6-9(2)4-5-12-3/h7H,4-6H2,1-3H3,(H,10,11). The van der Waals surface area contributed by atoms with E-state index in [9.17, 15) is 4.79 Å². The maximum absolute atomic E-state index is 10.5. The second-order valence-electron chi connectivity index (χ2n) is 2.99. The van der Waals surface area contributed by atoms with E-state index in [4.69, 9.17) is 5.11 Å². The van der Waals surface area contributed by atoms with Crippen LogP contribution in [0.25, 0.3) is 0 Å². The van der Waals surface area contributed by atoms with Gasteiger partial charge >= 0.3 is 5.97 Å². The largest absolute Gasteiger partial charge is 0.481 e. The fourth-order valence-corrected chi connectivity index (χ4v) is 1.38. The van der Waals surface area contributed by atoms with Crippen LogP contribution in [0.5, 0.6) is 0 Å². The van der Waals surface area contributed by atoms with Gasteiger partial charge in [0.25, 0.3) is 0 Å². The van der Waals surface area contributed by atoms with Gasteiger partial charge in [-0.25, -0.2) is 0 Å². The molecular formula is C8H17NO2S. The van der Waals surface area contributed by atoms with Crippen LogP contribution in [0, 0.1) is 5.92 Å². The third-order valence-electron chi connectivity index (χ3n) is 1.68. The minimum absolute atomic E-state index is 0.267. The van der Waals surface area contributed by atoms with Gasteiger partial charge in [-0.1, -0.05) is 6.92 Å². The minimum Gasteiger partial charge on any atom is -0.481 e. The van der Waals surface area contributed by atoms with Crippen molar-refractivity contribution in [2.45, 2.75) is 6.92 Å². The molecule has 3 nitrogen and oxygen atoms in total. The highest BCUT2D eigenvalue weighted by Gasteiger charge is 2.12. The summed E-state index contributed by atoms with van der Waals surface area (Å²) in [6.45, 7) is 3.33. The zero-order valence-corrected chi connectivity index (χ0v) is 8.73. The third-order valence-corrected chi connectivity index (χ3v) is 2.28. The highest BCUT2D eigenvalue weighted by atomic mass is 32.2. The lowest BCUT2D eigenvalue weighted by Crippen LogP contribution is -2.30. The summed E-state index contributed by atoms with van der Waals surface area (Å²) in [5.74, 6) is 0.0749. The molecule has 1 unspecified atom stereocenters. The summed E-state index contributed by atoms with van der Waals surface area (Å²) in [4.78, 5) is 12.5. The Kier molecular flexibility index (Phi) is 6.20. The first kappa shape index (κ1) is 11.8. The van der Waals surface area contributed by atoms with Crippen LogP contribution < -0.4 is 0 Å². The van der Waals surface area contributed by atoms with E-state index < -0.39 is 5.97 Å². The maximum Gasteiger partial charge on any atom is 0.307 e. The van der Waals surface area contributed by atoms with Gasteiger partial charge in [0.15, 0.2) is 0 Å². The Labute approximate surface area is 78.1 Å². The first-order chi connectivity index (χ1) is 5.57. The highest BCUT2D eigenvalue weighted by molar-refractivity contribution is 7.98. The summed E-state index contributed by atoms with van der Waals surface area (Å²) in [7, 11) is 1.95. The average Bonchev–Trinajstić information content (AvgIpc) is 2.00. The molecule has 0 aromatic carbocycles. The predicted molar refractivity (Wildman–Crippen MR) is 52.7 cm³/mol. The summed E-state index contributed by atoms with van der Waals surface area (Å²) in [5.41, 5.74) is 0. The van der Waals surface area contributed by atoms with Gasteiger partial charge in [0.05, 0.1) is 5.92 Å². The molecule has 72 valence electrons. The molecule has 0 bridgehead atoms. The van der Waals surface area contributed by atoms with Crippen molar-refractivity contribution in [1.82, 2.24) is 4.90 Å². The summed E-state index contributed by atoms with van der Waals surface area (Å²) in [6, 6.07) is 0. The Morgan fingerprint density at radius 1 is 1.67 bits per heavy atom. The summed E-state index contributed by atoms with van der Waals surface area (Å²) in [5, 5.41) is 8.62. The number of hydrogen-bond donors (Lipinski definition) is 1. The van der Waals surface area contributed by atoms with E-state index in [1.165, 1.54) is 0 Å². The zero-order valence-electron chi connectivity index (χ0n) is 7.91. The van der Waals surface area contributed by atoms with Crippen molar-refractivity contribution < 1.29 is 9.90 Å². The van der Waals surface area contributed by atoms with E-state index >= 15 is 0 Å². The molecule has 1 N–H and O–H groups in total. The molecule has 0 heterocycles. The predicted octanol–water partition coefficient (Wildman–Crippen LogP) is 1.00. The van der Waals surface area contributed by atoms with E-state index in [0.717, 1.165) is 12.3 Å². The van der Waals surface area contributed by atoms with Crippen LogP contribution in [0.3, 0.4) is 0 Å². The fourth-order valence-electron chi connectivity index (χ4n) is 0.884. The van der Waals surface area contributed by atoms with Crippen molar-refractivity contribution in [2.24, 2.45) is 5.92 Å². The number of rotatable bonds is 6. The van der Waals surface area contributed by atoms with E-state index in [0.29, 0.717) is 6.54 Å². The van der Waals surface area contributed by atoms with Crippen LogP contribution in [0.1, 0.15) is 6.92 Å². The average molecular weight is 191 g/mol. The maximum atomic E-state index is 10.5. The summed E-state index contributed by atoms with van der Waals surface area (Å²) < 4.78 is 0. The number of nitrogens with zero attached hydrogens (tertiary/aromatic N) is 1. The van der Waals surface area contributed by atoms with E-state index in [1.54, 1.807) is 18.7 Å². The van der Waals surface area contributed by atoms with Gasteiger partial charge < -0.3 is 10.0 Å². The summed E-state index contributed by atoms with van der Waals surface area (Å²) in [6.07, 6.45) is 2.05. The van der Waals surface area contributed by atoms with Crippen molar-refractivity contribution >= 4 is 17.7 Å². The number of carboxylic acids is 1. The number of aliphatic carboxylic acids is 1. The third kappa shape index (κ3) is 5.43. The van der Waals surface area contributed by atoms with Gasteiger partial charge in [0.1, 0.15) is 0 Å². The van der Waals surface area contributed by atoms with Gasteiger partial charge in [-0.05, 0) is 13.3 Å². The molecule has 0 aromatic heterocycles. The van der Waals surface area contributed by atoms with Crippen LogP contribution >= 0.6 is 11.8 Å². The lowest BCUT2D eigenvalue weighted by Gasteiger charge is -2.17. The Morgan fingerprint density at radius 2 is 2.25 bits per heavy atom. The molecule has 0 radical (unpaired) electrons. The lowest BCUT2D eigenvalue weighted by molar-refractivity contribution is -0.141. The van der Waals surface area contributed by atoms with Crippen LogP contribution in [0.4, 0.5) is 0 Å². The topological polar surface area (TPSA) is 40.5 Å². The van der Waals surface area contributed by atoms with Crippen molar-refractivity contribution in [3.63, 3.8) is 0 Å². The molecule has 0 rings (SSSR count). The highest BCUT2D eigenvalue weighted by Crippen LogP contribution is 1.99. The van der Waals surface area contributed by atoms with E-state index in [2.05, 4.69) is 11.2 Å². The van der Waals surface area contributed by atoms with Crippen molar-refractivity contribution in [1.29, 1.82) is 0 Å². The smallest absolute Gasteiger partial charge is 0.307 e. The van der Waals surface area contributed by atoms with Crippen LogP contribution in [0.2, 0.25) is 0 Å². The molecule has 0 spiro atoms. The monoisotopic (exact) mass is 191 g/mol. The Hall–Kier alpha value is -0.220. The molecule has 12 heavy (non-hydrogen) atoms.